The van der Waals surface area contributed by atoms with Gasteiger partial charge in [0.25, 0.3) is 5.91 Å². The van der Waals surface area contributed by atoms with Crippen molar-refractivity contribution in [3.8, 4) is 0 Å². The summed E-state index contributed by atoms with van der Waals surface area (Å²) in [4.78, 5) is 11.8. The standard InChI is InChI=1S/C16H23FN2O3S/c1-12-4-2-3-5-15(12)19-23(21,22)11-10-18-16(20)13-6-8-14(17)9-7-13/h6-9,12,15,19H,2-5,10-11H2,1H3,(H,18,20)/t12-,15-/m0/s1. The lowest BCUT2D eigenvalue weighted by Gasteiger charge is -2.29. The number of hydrogen-bond donors (Lipinski definition) is 2. The number of sulfonamides is 1. The summed E-state index contributed by atoms with van der Waals surface area (Å²) in [6, 6.07) is 5.10. The molecule has 2 N–H and O–H groups in total. The molecule has 128 valence electrons. The number of amides is 1. The lowest BCUT2D eigenvalue weighted by Crippen LogP contribution is -2.43. The first-order valence-electron chi connectivity index (χ1n) is 7.91. The van der Waals surface area contributed by atoms with Gasteiger partial charge < -0.3 is 5.32 Å². The van der Waals surface area contributed by atoms with Crippen molar-refractivity contribution in [1.29, 1.82) is 0 Å². The number of carbonyl (C=O) groups is 1. The van der Waals surface area contributed by atoms with Crippen LogP contribution in [-0.4, -0.2) is 32.7 Å². The van der Waals surface area contributed by atoms with E-state index in [9.17, 15) is 17.6 Å². The lowest BCUT2D eigenvalue weighted by molar-refractivity contribution is 0.0956. The Morgan fingerprint density at radius 2 is 1.87 bits per heavy atom. The maximum absolute atomic E-state index is 12.8. The van der Waals surface area contributed by atoms with Crippen LogP contribution in [0.25, 0.3) is 0 Å². The molecule has 1 fully saturated rings. The summed E-state index contributed by atoms with van der Waals surface area (Å²) in [5.41, 5.74) is 0.303. The van der Waals surface area contributed by atoms with Crippen molar-refractivity contribution >= 4 is 15.9 Å². The second-order valence-corrected chi connectivity index (χ2v) is 7.94. The van der Waals surface area contributed by atoms with Gasteiger partial charge in [-0.1, -0.05) is 19.8 Å². The monoisotopic (exact) mass is 342 g/mol. The second kappa shape index (κ2) is 7.88. The van der Waals surface area contributed by atoms with Gasteiger partial charge >= 0.3 is 0 Å². The zero-order chi connectivity index (χ0) is 16.9. The molecule has 7 heteroatoms. The summed E-state index contributed by atoms with van der Waals surface area (Å²) in [5.74, 6) is -0.656. The van der Waals surface area contributed by atoms with Gasteiger partial charge in [0.05, 0.1) is 5.75 Å². The highest BCUT2D eigenvalue weighted by Crippen LogP contribution is 2.24. The van der Waals surface area contributed by atoms with E-state index >= 15 is 0 Å². The first kappa shape index (κ1) is 17.9. The highest BCUT2D eigenvalue weighted by atomic mass is 32.2. The summed E-state index contributed by atoms with van der Waals surface area (Å²) in [6.07, 6.45) is 4.09. The lowest BCUT2D eigenvalue weighted by atomic mass is 9.87. The summed E-state index contributed by atoms with van der Waals surface area (Å²) in [6.45, 7) is 2.08. The Kier molecular flexibility index (Phi) is 6.12. The van der Waals surface area contributed by atoms with Crippen LogP contribution in [0, 0.1) is 11.7 Å². The highest BCUT2D eigenvalue weighted by molar-refractivity contribution is 7.89. The minimum Gasteiger partial charge on any atom is -0.351 e. The number of nitrogens with one attached hydrogen (secondary N) is 2. The van der Waals surface area contributed by atoms with Gasteiger partial charge in [0, 0.05) is 18.2 Å². The van der Waals surface area contributed by atoms with Gasteiger partial charge in [0.1, 0.15) is 5.82 Å². The van der Waals surface area contributed by atoms with Crippen LogP contribution in [0.4, 0.5) is 4.39 Å². The maximum Gasteiger partial charge on any atom is 0.251 e. The topological polar surface area (TPSA) is 75.3 Å². The van der Waals surface area contributed by atoms with Gasteiger partial charge in [0.2, 0.25) is 10.0 Å². The minimum atomic E-state index is -3.42. The van der Waals surface area contributed by atoms with E-state index in [4.69, 9.17) is 0 Å². The van der Waals surface area contributed by atoms with Crippen LogP contribution >= 0.6 is 0 Å². The zero-order valence-electron chi connectivity index (χ0n) is 13.2. The molecule has 0 unspecified atom stereocenters. The van der Waals surface area contributed by atoms with Crippen molar-refractivity contribution < 1.29 is 17.6 Å². The normalized spacial score (nSPS) is 21.8. The van der Waals surface area contributed by atoms with Crippen molar-refractivity contribution in [3.05, 3.63) is 35.6 Å². The Balaban J connectivity index is 1.80. The smallest absolute Gasteiger partial charge is 0.251 e. The van der Waals surface area contributed by atoms with Crippen LogP contribution in [-0.2, 0) is 10.0 Å². The van der Waals surface area contributed by atoms with Crippen molar-refractivity contribution in [3.63, 3.8) is 0 Å². The van der Waals surface area contributed by atoms with E-state index in [0.29, 0.717) is 11.5 Å². The SMILES string of the molecule is C[C@H]1CCCC[C@@H]1NS(=O)(=O)CCNC(=O)c1ccc(F)cc1. The Labute approximate surface area is 136 Å². The molecule has 0 aliphatic heterocycles. The third-order valence-corrected chi connectivity index (χ3v) is 5.61. The molecule has 2 atom stereocenters. The van der Waals surface area contributed by atoms with Crippen molar-refractivity contribution in [2.24, 2.45) is 5.92 Å². The molecule has 1 aliphatic carbocycles. The van der Waals surface area contributed by atoms with Crippen LogP contribution in [0.5, 0.6) is 0 Å². The van der Waals surface area contributed by atoms with Crippen LogP contribution in [0.2, 0.25) is 0 Å². The fraction of sp³-hybridized carbons (Fsp3) is 0.562. The minimum absolute atomic E-state index is 0.0125. The molecular formula is C16H23FN2O3S. The third-order valence-electron chi connectivity index (χ3n) is 4.21. The van der Waals surface area contributed by atoms with E-state index in [-0.39, 0.29) is 18.3 Å². The quantitative estimate of drug-likeness (QED) is 0.831. The first-order chi connectivity index (χ1) is 10.9. The van der Waals surface area contributed by atoms with Crippen molar-refractivity contribution in [2.45, 2.75) is 38.6 Å². The van der Waals surface area contributed by atoms with Gasteiger partial charge in [-0.3, -0.25) is 4.79 Å². The molecular weight excluding hydrogens is 319 g/mol. The molecule has 1 saturated carbocycles. The second-order valence-electron chi connectivity index (χ2n) is 6.07. The largest absolute Gasteiger partial charge is 0.351 e. The Hall–Kier alpha value is -1.47. The summed E-state index contributed by atoms with van der Waals surface area (Å²) < 4.78 is 39.7. The summed E-state index contributed by atoms with van der Waals surface area (Å²) >= 11 is 0. The molecule has 0 radical (unpaired) electrons. The van der Waals surface area contributed by atoms with Crippen LogP contribution in [0.1, 0.15) is 43.0 Å². The molecule has 0 saturated heterocycles. The predicted octanol–water partition coefficient (Wildman–Crippen LogP) is 2.05. The molecule has 1 aliphatic rings. The molecule has 2 rings (SSSR count). The van der Waals surface area contributed by atoms with E-state index in [2.05, 4.69) is 17.0 Å². The highest BCUT2D eigenvalue weighted by Gasteiger charge is 2.25. The van der Waals surface area contributed by atoms with Crippen LogP contribution in [0.15, 0.2) is 24.3 Å². The first-order valence-corrected chi connectivity index (χ1v) is 9.56. The Morgan fingerprint density at radius 3 is 2.52 bits per heavy atom. The van der Waals surface area contributed by atoms with E-state index in [1.54, 1.807) is 0 Å². The van der Waals surface area contributed by atoms with Gasteiger partial charge in [-0.05, 0) is 43.0 Å². The zero-order valence-corrected chi connectivity index (χ0v) is 14.0. The maximum atomic E-state index is 12.8. The van der Waals surface area contributed by atoms with Gasteiger partial charge in [-0.15, -0.1) is 0 Å². The van der Waals surface area contributed by atoms with E-state index in [1.807, 2.05) is 0 Å². The average Bonchev–Trinajstić information content (AvgIpc) is 2.50. The molecule has 0 aromatic heterocycles. The number of halogens is 1. The fourth-order valence-corrected chi connectivity index (χ4v) is 4.08. The van der Waals surface area contributed by atoms with E-state index in [1.165, 1.54) is 24.3 Å². The molecule has 1 amide bonds. The molecule has 0 bridgehead atoms. The molecule has 5 nitrogen and oxygen atoms in total. The Bertz CT molecular complexity index is 631. The van der Waals surface area contributed by atoms with Gasteiger partial charge in [0.15, 0.2) is 0 Å². The third kappa shape index (κ3) is 5.58. The van der Waals surface area contributed by atoms with Gasteiger partial charge in [-0.2, -0.15) is 0 Å². The fourth-order valence-electron chi connectivity index (χ4n) is 2.78. The molecule has 0 spiro atoms. The van der Waals surface area contributed by atoms with Crippen LogP contribution < -0.4 is 10.0 Å². The molecule has 1 aromatic rings. The number of rotatable bonds is 6. The van der Waals surface area contributed by atoms with Crippen molar-refractivity contribution in [2.75, 3.05) is 12.3 Å². The summed E-state index contributed by atoms with van der Waals surface area (Å²) in [5, 5.41) is 2.54. The van der Waals surface area contributed by atoms with Crippen LogP contribution in [0.3, 0.4) is 0 Å². The van der Waals surface area contributed by atoms with Gasteiger partial charge in [-0.25, -0.2) is 17.5 Å². The molecule has 23 heavy (non-hydrogen) atoms. The number of benzene rings is 1. The van der Waals surface area contributed by atoms with E-state index < -0.39 is 21.7 Å². The molecule has 0 heterocycles. The number of hydrogen-bond acceptors (Lipinski definition) is 3. The Morgan fingerprint density at radius 1 is 1.22 bits per heavy atom. The average molecular weight is 342 g/mol. The summed E-state index contributed by atoms with van der Waals surface area (Å²) in [7, 11) is -3.42. The van der Waals surface area contributed by atoms with Crippen molar-refractivity contribution in [1.82, 2.24) is 10.0 Å². The van der Waals surface area contributed by atoms with E-state index in [0.717, 1.165) is 25.7 Å². The predicted molar refractivity (Wildman–Crippen MR) is 87.1 cm³/mol. The number of carbonyl (C=O) groups excluding carboxylic acids is 1. The molecule has 1 aromatic carbocycles.